The molecule has 8 heteroatoms. The monoisotopic (exact) mass is 322 g/mol. The van der Waals surface area contributed by atoms with Crippen molar-refractivity contribution in [1.29, 1.82) is 0 Å². The van der Waals surface area contributed by atoms with Gasteiger partial charge < -0.3 is 27.3 Å². The van der Waals surface area contributed by atoms with Crippen molar-refractivity contribution in [3.63, 3.8) is 0 Å². The molecule has 0 aromatic carbocycles. The van der Waals surface area contributed by atoms with Crippen molar-refractivity contribution in [2.24, 2.45) is 17.2 Å². The van der Waals surface area contributed by atoms with Crippen molar-refractivity contribution in [2.45, 2.75) is 50.6 Å². The van der Waals surface area contributed by atoms with E-state index in [1.165, 1.54) is 0 Å². The highest BCUT2D eigenvalue weighted by Crippen LogP contribution is 2.05. The van der Waals surface area contributed by atoms with Gasteiger partial charge in [0.15, 0.2) is 6.07 Å². The lowest BCUT2D eigenvalue weighted by atomic mass is 10.1. The van der Waals surface area contributed by atoms with E-state index < -0.39 is 18.1 Å². The first-order valence-electron chi connectivity index (χ1n) is 7.25. The third-order valence-corrected chi connectivity index (χ3v) is 3.16. The molecule has 0 aromatic heterocycles. The summed E-state index contributed by atoms with van der Waals surface area (Å²) < 4.78 is 4.74. The van der Waals surface area contributed by atoms with Gasteiger partial charge in [-0.2, -0.15) is 0 Å². The molecule has 7 N–H and O–H groups in total. The van der Waals surface area contributed by atoms with Crippen molar-refractivity contribution >= 4 is 23.5 Å². The zero-order valence-electron chi connectivity index (χ0n) is 12.4. The quantitative estimate of drug-likeness (QED) is 0.223. The van der Waals surface area contributed by atoms with Gasteiger partial charge in [-0.1, -0.05) is 18.0 Å². The van der Waals surface area contributed by atoms with Crippen LogP contribution in [-0.4, -0.2) is 43.1 Å². The molecule has 0 aliphatic rings. The summed E-state index contributed by atoms with van der Waals surface area (Å²) >= 11 is 5.37. The van der Waals surface area contributed by atoms with Crippen molar-refractivity contribution in [3.05, 3.63) is 0 Å². The molecule has 0 spiro atoms. The summed E-state index contributed by atoms with van der Waals surface area (Å²) in [6.45, 7) is 1.10. The predicted molar refractivity (Wildman–Crippen MR) is 82.5 cm³/mol. The molecule has 0 unspecified atom stereocenters. The summed E-state index contributed by atoms with van der Waals surface area (Å²) in [6, 6.07) is -1.63. The van der Waals surface area contributed by atoms with Crippen LogP contribution in [0.5, 0.6) is 0 Å². The van der Waals surface area contributed by atoms with Gasteiger partial charge in [0, 0.05) is 0 Å². The number of nitrogens with one attached hydrogen (secondary N) is 1. The van der Waals surface area contributed by atoms with Crippen LogP contribution >= 0.6 is 11.6 Å². The van der Waals surface area contributed by atoms with Gasteiger partial charge in [0.25, 0.3) is 0 Å². The number of esters is 1. The first-order valence-corrected chi connectivity index (χ1v) is 7.79. The second-order valence-electron chi connectivity index (χ2n) is 4.81. The van der Waals surface area contributed by atoms with Crippen LogP contribution < -0.4 is 22.5 Å². The number of amides is 1. The van der Waals surface area contributed by atoms with Crippen LogP contribution in [-0.2, 0) is 14.3 Å². The topological polar surface area (TPSA) is 133 Å². The molecule has 0 rings (SSSR count). The van der Waals surface area contributed by atoms with Crippen LogP contribution in [0, 0.1) is 0 Å². The fourth-order valence-electron chi connectivity index (χ4n) is 1.81. The Balaban J connectivity index is 4.34. The van der Waals surface area contributed by atoms with E-state index in [2.05, 4.69) is 5.32 Å². The highest BCUT2D eigenvalue weighted by atomic mass is 35.5. The van der Waals surface area contributed by atoms with Gasteiger partial charge in [-0.05, 0) is 45.2 Å². The van der Waals surface area contributed by atoms with Crippen molar-refractivity contribution in [3.8, 4) is 0 Å². The van der Waals surface area contributed by atoms with E-state index in [0.717, 1.165) is 19.3 Å². The SMILES string of the molecule is NCCCC[C@H](NC(=O)[C@@H](N)CCCCN)C(=O)OCCl. The minimum Gasteiger partial charge on any atom is -0.448 e. The molecule has 21 heavy (non-hydrogen) atoms. The molecular formula is C13H27ClN4O3. The molecule has 7 nitrogen and oxygen atoms in total. The lowest BCUT2D eigenvalue weighted by Gasteiger charge is -2.19. The van der Waals surface area contributed by atoms with Gasteiger partial charge >= 0.3 is 5.97 Å². The Bertz CT molecular complexity index is 305. The van der Waals surface area contributed by atoms with Crippen LogP contribution in [0.3, 0.4) is 0 Å². The molecular weight excluding hydrogens is 296 g/mol. The largest absolute Gasteiger partial charge is 0.448 e. The minimum atomic E-state index is -0.733. The number of rotatable bonds is 12. The predicted octanol–water partition coefficient (Wildman–Crippen LogP) is -0.204. The molecule has 124 valence electrons. The maximum Gasteiger partial charge on any atom is 0.329 e. The van der Waals surface area contributed by atoms with Crippen LogP contribution in [0.2, 0.25) is 0 Å². The summed E-state index contributed by atoms with van der Waals surface area (Å²) in [5.41, 5.74) is 16.6. The fourth-order valence-corrected chi connectivity index (χ4v) is 1.92. The van der Waals surface area contributed by atoms with Crippen LogP contribution in [0.25, 0.3) is 0 Å². The Morgan fingerprint density at radius 2 is 1.62 bits per heavy atom. The molecule has 1 amide bonds. The second kappa shape index (κ2) is 12.8. The van der Waals surface area contributed by atoms with Crippen molar-refractivity contribution < 1.29 is 14.3 Å². The average Bonchev–Trinajstić information content (AvgIpc) is 2.46. The fraction of sp³-hybridized carbons (Fsp3) is 0.846. The van der Waals surface area contributed by atoms with Crippen LogP contribution in [0.1, 0.15) is 38.5 Å². The standard InChI is InChI=1S/C13H27ClN4O3/c14-9-21-13(20)11(6-2-4-8-16)18-12(19)10(17)5-1-3-7-15/h10-11H,1-9,15-17H2,(H,18,19)/t10-,11-/m0/s1. The molecule has 0 aliphatic heterocycles. The smallest absolute Gasteiger partial charge is 0.329 e. The van der Waals surface area contributed by atoms with Crippen LogP contribution in [0.15, 0.2) is 0 Å². The molecule has 0 radical (unpaired) electrons. The lowest BCUT2D eigenvalue weighted by molar-refractivity contribution is -0.146. The summed E-state index contributed by atoms with van der Waals surface area (Å²) in [5.74, 6) is -0.916. The van der Waals surface area contributed by atoms with E-state index >= 15 is 0 Å². The molecule has 2 atom stereocenters. The van der Waals surface area contributed by atoms with E-state index in [1.54, 1.807) is 0 Å². The third-order valence-electron chi connectivity index (χ3n) is 3.05. The number of halogens is 1. The highest BCUT2D eigenvalue weighted by molar-refractivity contribution is 6.17. The molecule has 0 fully saturated rings. The van der Waals surface area contributed by atoms with Gasteiger partial charge in [0.05, 0.1) is 6.04 Å². The summed E-state index contributed by atoms with van der Waals surface area (Å²) in [7, 11) is 0. The first-order chi connectivity index (χ1) is 10.1. The Kier molecular flexibility index (Phi) is 12.3. The Morgan fingerprint density at radius 3 is 2.14 bits per heavy atom. The van der Waals surface area contributed by atoms with Crippen LogP contribution in [0.4, 0.5) is 0 Å². The zero-order chi connectivity index (χ0) is 16.1. The van der Waals surface area contributed by atoms with Gasteiger partial charge in [-0.3, -0.25) is 4.79 Å². The second-order valence-corrected chi connectivity index (χ2v) is 5.03. The molecule has 0 saturated carbocycles. The van der Waals surface area contributed by atoms with E-state index in [4.69, 9.17) is 33.5 Å². The average molecular weight is 323 g/mol. The minimum absolute atomic E-state index is 0.245. The van der Waals surface area contributed by atoms with Crippen molar-refractivity contribution in [2.75, 3.05) is 19.2 Å². The number of nitrogens with two attached hydrogens (primary N) is 3. The van der Waals surface area contributed by atoms with Crippen molar-refractivity contribution in [1.82, 2.24) is 5.32 Å². The molecule has 0 bridgehead atoms. The number of carbonyl (C=O) groups is 2. The maximum atomic E-state index is 12.0. The number of hydrogen-bond acceptors (Lipinski definition) is 6. The van der Waals surface area contributed by atoms with Gasteiger partial charge in [0.1, 0.15) is 6.04 Å². The van der Waals surface area contributed by atoms with E-state index in [9.17, 15) is 9.59 Å². The molecule has 0 heterocycles. The summed E-state index contributed by atoms with van der Waals surface area (Å²) in [5, 5.41) is 2.62. The Labute approximate surface area is 130 Å². The maximum absolute atomic E-state index is 12.0. The highest BCUT2D eigenvalue weighted by Gasteiger charge is 2.24. The molecule has 0 saturated heterocycles. The van der Waals surface area contributed by atoms with Gasteiger partial charge in [-0.15, -0.1) is 0 Å². The zero-order valence-corrected chi connectivity index (χ0v) is 13.1. The molecule has 0 aliphatic carbocycles. The van der Waals surface area contributed by atoms with Gasteiger partial charge in [-0.25, -0.2) is 4.79 Å². The Morgan fingerprint density at radius 1 is 1.05 bits per heavy atom. The number of hydrogen-bond donors (Lipinski definition) is 4. The summed E-state index contributed by atoms with van der Waals surface area (Å²) in [4.78, 5) is 23.7. The normalized spacial score (nSPS) is 13.5. The van der Waals surface area contributed by atoms with Gasteiger partial charge in [0.2, 0.25) is 5.91 Å². The number of carbonyl (C=O) groups excluding carboxylic acids is 2. The Hall–Kier alpha value is -0.890. The van der Waals surface area contributed by atoms with E-state index in [-0.39, 0.29) is 12.0 Å². The van der Waals surface area contributed by atoms with E-state index in [0.29, 0.717) is 32.4 Å². The number of alkyl halides is 1. The number of unbranched alkanes of at least 4 members (excludes halogenated alkanes) is 2. The number of ether oxygens (including phenoxy) is 1. The molecule has 0 aromatic rings. The van der Waals surface area contributed by atoms with E-state index in [1.807, 2.05) is 0 Å². The third kappa shape index (κ3) is 9.62. The first kappa shape index (κ1) is 20.1. The lowest BCUT2D eigenvalue weighted by Crippen LogP contribution is -2.48. The summed E-state index contributed by atoms with van der Waals surface area (Å²) in [6.07, 6.45) is 4.05.